The molecule has 108 valence electrons. The van der Waals surface area contributed by atoms with Crippen LogP contribution in [0.3, 0.4) is 0 Å². The van der Waals surface area contributed by atoms with Crippen molar-refractivity contribution in [3.05, 3.63) is 39.4 Å². The number of amides is 2. The molecule has 2 amide bonds. The number of nitrogens with zero attached hydrogens (tertiary/aromatic N) is 1. The summed E-state index contributed by atoms with van der Waals surface area (Å²) in [5, 5.41) is 16.1. The highest BCUT2D eigenvalue weighted by molar-refractivity contribution is 6.01. The number of hydrogen-bond acceptors (Lipinski definition) is 4. The molecule has 0 radical (unpaired) electrons. The molecule has 0 heterocycles. The number of nitro groups is 1. The summed E-state index contributed by atoms with van der Waals surface area (Å²) in [7, 11) is 1.42. The summed E-state index contributed by atoms with van der Waals surface area (Å²) >= 11 is 0. The van der Waals surface area contributed by atoms with Gasteiger partial charge in [0.05, 0.1) is 4.92 Å². The Balaban J connectivity index is 3.24. The highest BCUT2D eigenvalue weighted by Gasteiger charge is 2.24. The van der Waals surface area contributed by atoms with E-state index >= 15 is 0 Å². The predicted octanol–water partition coefficient (Wildman–Crippen LogP) is 1.48. The fourth-order valence-corrected chi connectivity index (χ4v) is 1.57. The summed E-state index contributed by atoms with van der Waals surface area (Å²) in [6.07, 6.45) is 0. The maximum absolute atomic E-state index is 12.0. The van der Waals surface area contributed by atoms with Crippen LogP contribution in [0.1, 0.15) is 41.5 Å². The molecule has 0 spiro atoms. The van der Waals surface area contributed by atoms with Crippen molar-refractivity contribution in [1.29, 1.82) is 0 Å². The van der Waals surface area contributed by atoms with E-state index in [-0.39, 0.29) is 11.1 Å². The average molecular weight is 279 g/mol. The summed E-state index contributed by atoms with van der Waals surface area (Å²) < 4.78 is 0. The molecule has 0 aliphatic carbocycles. The molecule has 7 heteroatoms. The first-order valence-electron chi connectivity index (χ1n) is 5.99. The van der Waals surface area contributed by atoms with Gasteiger partial charge in [0.2, 0.25) is 0 Å². The van der Waals surface area contributed by atoms with Crippen LogP contribution in [-0.4, -0.2) is 29.3 Å². The first-order valence-corrected chi connectivity index (χ1v) is 5.99. The topological polar surface area (TPSA) is 101 Å². The highest BCUT2D eigenvalue weighted by atomic mass is 16.6. The Morgan fingerprint density at radius 3 is 2.25 bits per heavy atom. The van der Waals surface area contributed by atoms with E-state index < -0.39 is 28.0 Å². The molecule has 2 N–H and O–H groups in total. The third kappa shape index (κ3) is 3.78. The second kappa shape index (κ2) is 5.68. The zero-order chi connectivity index (χ0) is 15.5. The minimum atomic E-state index is -0.677. The quantitative estimate of drug-likeness (QED) is 0.646. The molecule has 0 bridgehead atoms. The zero-order valence-electron chi connectivity index (χ0n) is 11.8. The standard InChI is InChI=1S/C13H17N3O4/c1-13(2,3)15-12(18)9-6-5-8(11(17)14-4)7-10(9)16(19)20/h5-7H,1-4H3,(H,14,17)(H,15,18). The smallest absolute Gasteiger partial charge is 0.282 e. The molecule has 0 saturated heterocycles. The Kier molecular flexibility index (Phi) is 4.44. The molecule has 1 aromatic rings. The largest absolute Gasteiger partial charge is 0.355 e. The maximum atomic E-state index is 12.0. The maximum Gasteiger partial charge on any atom is 0.282 e. The molecule has 0 aliphatic heterocycles. The van der Waals surface area contributed by atoms with Crippen molar-refractivity contribution >= 4 is 17.5 Å². The van der Waals surface area contributed by atoms with Crippen LogP contribution in [0.2, 0.25) is 0 Å². The summed E-state index contributed by atoms with van der Waals surface area (Å²) in [4.78, 5) is 33.9. The first-order chi connectivity index (χ1) is 9.15. The van der Waals surface area contributed by atoms with Crippen LogP contribution in [0.15, 0.2) is 18.2 Å². The molecule has 0 aliphatic rings. The molecule has 1 rings (SSSR count). The minimum Gasteiger partial charge on any atom is -0.355 e. The van der Waals surface area contributed by atoms with E-state index in [1.54, 1.807) is 20.8 Å². The van der Waals surface area contributed by atoms with Gasteiger partial charge in [0, 0.05) is 24.2 Å². The number of rotatable bonds is 3. The molecular formula is C13H17N3O4. The SMILES string of the molecule is CNC(=O)c1ccc(C(=O)NC(C)(C)C)c([N+](=O)[O-])c1. The summed E-state index contributed by atoms with van der Waals surface area (Å²) in [5.74, 6) is -0.997. The predicted molar refractivity (Wildman–Crippen MR) is 73.7 cm³/mol. The summed E-state index contributed by atoms with van der Waals surface area (Å²) in [6.45, 7) is 5.32. The lowest BCUT2D eigenvalue weighted by Gasteiger charge is -2.20. The van der Waals surface area contributed by atoms with Gasteiger partial charge in [-0.05, 0) is 32.9 Å². The van der Waals surface area contributed by atoms with Crippen molar-refractivity contribution in [3.8, 4) is 0 Å². The third-order valence-electron chi connectivity index (χ3n) is 2.42. The Morgan fingerprint density at radius 2 is 1.80 bits per heavy atom. The van der Waals surface area contributed by atoms with Crippen molar-refractivity contribution < 1.29 is 14.5 Å². The minimum absolute atomic E-state index is 0.0717. The Morgan fingerprint density at radius 1 is 1.20 bits per heavy atom. The van der Waals surface area contributed by atoms with Crippen LogP contribution < -0.4 is 10.6 Å². The number of carbonyl (C=O) groups is 2. The number of benzene rings is 1. The number of carbonyl (C=O) groups excluding carboxylic acids is 2. The summed E-state index contributed by atoms with van der Waals surface area (Å²) in [5.41, 5.74) is -0.846. The Hall–Kier alpha value is -2.44. The van der Waals surface area contributed by atoms with E-state index in [1.165, 1.54) is 19.2 Å². The molecule has 0 fully saturated rings. The fourth-order valence-electron chi connectivity index (χ4n) is 1.57. The van der Waals surface area contributed by atoms with Crippen molar-refractivity contribution in [2.75, 3.05) is 7.05 Å². The molecule has 1 aromatic carbocycles. The first kappa shape index (κ1) is 15.6. The van der Waals surface area contributed by atoms with Crippen molar-refractivity contribution in [2.24, 2.45) is 0 Å². The van der Waals surface area contributed by atoms with Gasteiger partial charge in [0.25, 0.3) is 17.5 Å². The van der Waals surface area contributed by atoms with Gasteiger partial charge in [-0.25, -0.2) is 0 Å². The van der Waals surface area contributed by atoms with E-state index in [9.17, 15) is 19.7 Å². The van der Waals surface area contributed by atoms with Crippen molar-refractivity contribution in [3.63, 3.8) is 0 Å². The molecule has 7 nitrogen and oxygen atoms in total. The summed E-state index contributed by atoms with van der Waals surface area (Å²) in [6, 6.07) is 3.75. The van der Waals surface area contributed by atoms with E-state index in [0.29, 0.717) is 0 Å². The van der Waals surface area contributed by atoms with Gasteiger partial charge in [-0.15, -0.1) is 0 Å². The molecule has 0 aromatic heterocycles. The van der Waals surface area contributed by atoms with Crippen LogP contribution in [-0.2, 0) is 0 Å². The van der Waals surface area contributed by atoms with E-state index in [0.717, 1.165) is 6.07 Å². The number of nitro benzene ring substituents is 1. The zero-order valence-corrected chi connectivity index (χ0v) is 11.8. The monoisotopic (exact) mass is 279 g/mol. The van der Waals surface area contributed by atoms with Gasteiger partial charge in [-0.1, -0.05) is 0 Å². The van der Waals surface area contributed by atoms with E-state index in [2.05, 4.69) is 10.6 Å². The molecule has 0 saturated carbocycles. The van der Waals surface area contributed by atoms with Crippen LogP contribution in [0.4, 0.5) is 5.69 Å². The second-order valence-corrected chi connectivity index (χ2v) is 5.27. The van der Waals surface area contributed by atoms with Gasteiger partial charge in [-0.2, -0.15) is 0 Å². The molecule has 0 unspecified atom stereocenters. The van der Waals surface area contributed by atoms with Gasteiger partial charge in [0.1, 0.15) is 5.56 Å². The molecule has 20 heavy (non-hydrogen) atoms. The third-order valence-corrected chi connectivity index (χ3v) is 2.42. The lowest BCUT2D eigenvalue weighted by molar-refractivity contribution is -0.385. The Labute approximate surface area is 116 Å². The van der Waals surface area contributed by atoms with Crippen LogP contribution in [0.5, 0.6) is 0 Å². The highest BCUT2D eigenvalue weighted by Crippen LogP contribution is 2.21. The van der Waals surface area contributed by atoms with E-state index in [4.69, 9.17) is 0 Å². The van der Waals surface area contributed by atoms with Gasteiger partial charge in [-0.3, -0.25) is 19.7 Å². The van der Waals surface area contributed by atoms with Gasteiger partial charge in [0.15, 0.2) is 0 Å². The van der Waals surface area contributed by atoms with Crippen LogP contribution in [0.25, 0.3) is 0 Å². The van der Waals surface area contributed by atoms with Gasteiger partial charge < -0.3 is 10.6 Å². The van der Waals surface area contributed by atoms with Gasteiger partial charge >= 0.3 is 0 Å². The lowest BCUT2D eigenvalue weighted by Crippen LogP contribution is -2.40. The van der Waals surface area contributed by atoms with Crippen LogP contribution >= 0.6 is 0 Å². The average Bonchev–Trinajstić information content (AvgIpc) is 2.34. The lowest BCUT2D eigenvalue weighted by atomic mass is 10.0. The second-order valence-electron chi connectivity index (χ2n) is 5.27. The van der Waals surface area contributed by atoms with Crippen molar-refractivity contribution in [1.82, 2.24) is 10.6 Å². The molecular weight excluding hydrogens is 262 g/mol. The molecule has 0 atom stereocenters. The van der Waals surface area contributed by atoms with Crippen molar-refractivity contribution in [2.45, 2.75) is 26.3 Å². The fraction of sp³-hybridized carbons (Fsp3) is 0.385. The van der Waals surface area contributed by atoms with E-state index in [1.807, 2.05) is 0 Å². The number of nitrogens with one attached hydrogen (secondary N) is 2. The normalized spacial score (nSPS) is 10.8. The van der Waals surface area contributed by atoms with Crippen LogP contribution in [0, 0.1) is 10.1 Å². The number of hydrogen-bond donors (Lipinski definition) is 2. The Bertz CT molecular complexity index is 561.